The van der Waals surface area contributed by atoms with Crippen LogP contribution in [-0.4, -0.2) is 30.9 Å². The van der Waals surface area contributed by atoms with Crippen LogP contribution in [0.3, 0.4) is 0 Å². The van der Waals surface area contributed by atoms with Gasteiger partial charge in [-0.25, -0.2) is 4.79 Å². The van der Waals surface area contributed by atoms with Crippen molar-refractivity contribution in [3.8, 4) is 0 Å². The van der Waals surface area contributed by atoms with Gasteiger partial charge in [-0.2, -0.15) is 4.98 Å². The predicted octanol–water partition coefficient (Wildman–Crippen LogP) is 1.91. The Balaban J connectivity index is 1.47. The predicted molar refractivity (Wildman–Crippen MR) is 87.5 cm³/mol. The number of carbonyl (C=O) groups excluding carboxylic acids is 1. The van der Waals surface area contributed by atoms with Gasteiger partial charge < -0.3 is 19.7 Å². The highest BCUT2D eigenvalue weighted by Gasteiger charge is 2.43. The number of aryl methyl sites for hydroxylation is 1. The van der Waals surface area contributed by atoms with Crippen LogP contribution in [0.15, 0.2) is 10.9 Å². The molecule has 9 nitrogen and oxygen atoms in total. The molecule has 0 aliphatic heterocycles. The molecule has 2 heterocycles. The van der Waals surface area contributed by atoms with E-state index in [4.69, 9.17) is 4.52 Å². The molecule has 9 heteroatoms. The van der Waals surface area contributed by atoms with Crippen molar-refractivity contribution in [2.24, 2.45) is 7.05 Å². The van der Waals surface area contributed by atoms with Gasteiger partial charge in [0.25, 0.3) is 0 Å². The summed E-state index contributed by atoms with van der Waals surface area (Å²) in [4.78, 5) is 17.2. The van der Waals surface area contributed by atoms with Gasteiger partial charge >= 0.3 is 6.03 Å². The van der Waals surface area contributed by atoms with Gasteiger partial charge in [-0.05, 0) is 32.6 Å². The number of amides is 2. The molecule has 4 rings (SSSR count). The largest absolute Gasteiger partial charge is 0.339 e. The maximum Gasteiger partial charge on any atom is 0.316 e. The van der Waals surface area contributed by atoms with Gasteiger partial charge in [-0.3, -0.25) is 0 Å². The molecule has 2 N–H and O–H groups in total. The molecule has 1 atom stereocenters. The van der Waals surface area contributed by atoms with Crippen LogP contribution in [0.5, 0.6) is 0 Å². The first-order chi connectivity index (χ1) is 12.1. The van der Waals surface area contributed by atoms with Crippen molar-refractivity contribution in [2.75, 3.05) is 0 Å². The minimum Gasteiger partial charge on any atom is -0.339 e. The molecule has 2 amide bonds. The Bertz CT molecular complexity index is 758. The highest BCUT2D eigenvalue weighted by Crippen LogP contribution is 2.42. The summed E-state index contributed by atoms with van der Waals surface area (Å²) in [5, 5.41) is 18.1. The van der Waals surface area contributed by atoms with Crippen LogP contribution in [-0.2, 0) is 12.6 Å². The summed E-state index contributed by atoms with van der Waals surface area (Å²) < 4.78 is 7.20. The minimum absolute atomic E-state index is 0.252. The zero-order valence-electron chi connectivity index (χ0n) is 14.5. The van der Waals surface area contributed by atoms with Crippen molar-refractivity contribution in [2.45, 2.75) is 62.9 Å². The van der Waals surface area contributed by atoms with Gasteiger partial charge in [0.2, 0.25) is 5.89 Å². The second kappa shape index (κ2) is 6.12. The Hall–Kier alpha value is -2.45. The summed E-state index contributed by atoms with van der Waals surface area (Å²) in [5.74, 6) is 2.42. The van der Waals surface area contributed by atoms with Crippen molar-refractivity contribution >= 4 is 6.03 Å². The van der Waals surface area contributed by atoms with E-state index in [1.54, 1.807) is 10.9 Å². The fourth-order valence-corrected chi connectivity index (χ4v) is 3.51. The number of hydrogen-bond donors (Lipinski definition) is 2. The van der Waals surface area contributed by atoms with Crippen LogP contribution in [0.25, 0.3) is 0 Å². The van der Waals surface area contributed by atoms with E-state index in [2.05, 4.69) is 31.0 Å². The quantitative estimate of drug-likeness (QED) is 0.856. The molecule has 2 aromatic heterocycles. The van der Waals surface area contributed by atoms with E-state index in [9.17, 15) is 4.79 Å². The number of rotatable bonds is 5. The van der Waals surface area contributed by atoms with Gasteiger partial charge in [-0.15, -0.1) is 10.2 Å². The molecule has 0 bridgehead atoms. The number of hydrogen-bond acceptors (Lipinski definition) is 6. The van der Waals surface area contributed by atoms with Crippen molar-refractivity contribution < 1.29 is 9.32 Å². The van der Waals surface area contributed by atoms with Crippen molar-refractivity contribution in [1.29, 1.82) is 0 Å². The molecule has 2 aromatic rings. The van der Waals surface area contributed by atoms with Crippen molar-refractivity contribution in [1.82, 2.24) is 35.5 Å². The van der Waals surface area contributed by atoms with Gasteiger partial charge in [-0.1, -0.05) is 18.0 Å². The van der Waals surface area contributed by atoms with E-state index < -0.39 is 5.54 Å². The molecule has 0 aromatic carbocycles. The van der Waals surface area contributed by atoms with E-state index in [-0.39, 0.29) is 12.1 Å². The number of aromatic nitrogens is 5. The molecule has 134 valence electrons. The average molecular weight is 345 g/mol. The topological polar surface area (TPSA) is 111 Å². The van der Waals surface area contributed by atoms with Crippen LogP contribution in [0.2, 0.25) is 0 Å². The third-order valence-electron chi connectivity index (χ3n) is 5.09. The molecule has 2 aliphatic rings. The third-order valence-corrected chi connectivity index (χ3v) is 5.09. The Morgan fingerprint density at radius 3 is 2.80 bits per heavy atom. The summed E-state index contributed by atoms with van der Waals surface area (Å²) in [6.45, 7) is 1.88. The molecule has 0 saturated heterocycles. The fourth-order valence-electron chi connectivity index (χ4n) is 3.51. The number of nitrogens with one attached hydrogen (secondary N) is 2. The standard InChI is InChI=1S/C16H23N7O2/c1-10(12-21-17-9-23(12)2)18-15(24)20-16(7-3-4-8-16)14-19-13(25-22-14)11-5-6-11/h9-11H,3-8H2,1-2H3,(H2,18,20,24). The van der Waals surface area contributed by atoms with E-state index in [0.717, 1.165) is 38.5 Å². The molecule has 0 spiro atoms. The molecule has 1 unspecified atom stereocenters. The van der Waals surface area contributed by atoms with Gasteiger partial charge in [0.15, 0.2) is 11.6 Å². The highest BCUT2D eigenvalue weighted by atomic mass is 16.5. The summed E-state index contributed by atoms with van der Waals surface area (Å²) in [5.41, 5.74) is -0.541. The Labute approximate surface area is 145 Å². The maximum absolute atomic E-state index is 12.6. The number of carbonyl (C=O) groups is 1. The normalized spacial score (nSPS) is 20.4. The molecule has 2 aliphatic carbocycles. The van der Waals surface area contributed by atoms with Crippen LogP contribution in [0, 0.1) is 0 Å². The lowest BCUT2D eigenvalue weighted by atomic mass is 9.97. The molecule has 2 fully saturated rings. The molecule has 0 radical (unpaired) electrons. The summed E-state index contributed by atoms with van der Waals surface area (Å²) >= 11 is 0. The fraction of sp³-hybridized carbons (Fsp3) is 0.688. The Morgan fingerprint density at radius 2 is 2.16 bits per heavy atom. The van der Waals surface area contributed by atoms with E-state index >= 15 is 0 Å². The molecule has 25 heavy (non-hydrogen) atoms. The lowest BCUT2D eigenvalue weighted by Crippen LogP contribution is -2.49. The summed E-state index contributed by atoms with van der Waals surface area (Å²) in [6.07, 6.45) is 7.54. The first-order valence-electron chi connectivity index (χ1n) is 8.84. The van der Waals surface area contributed by atoms with Crippen molar-refractivity contribution in [3.63, 3.8) is 0 Å². The molecular formula is C16H23N7O2. The third kappa shape index (κ3) is 3.10. The zero-order chi connectivity index (χ0) is 17.4. The number of urea groups is 1. The lowest BCUT2D eigenvalue weighted by molar-refractivity contribution is 0.217. The summed E-state index contributed by atoms with van der Waals surface area (Å²) in [6, 6.07) is -0.506. The molecule has 2 saturated carbocycles. The second-order valence-corrected chi connectivity index (χ2v) is 7.14. The van der Waals surface area contributed by atoms with E-state index in [1.807, 2.05) is 14.0 Å². The van der Waals surface area contributed by atoms with Gasteiger partial charge in [0, 0.05) is 13.0 Å². The van der Waals surface area contributed by atoms with Crippen LogP contribution in [0.4, 0.5) is 4.79 Å². The summed E-state index contributed by atoms with van der Waals surface area (Å²) in [7, 11) is 1.85. The number of nitrogens with zero attached hydrogens (tertiary/aromatic N) is 5. The first kappa shape index (κ1) is 16.0. The smallest absolute Gasteiger partial charge is 0.316 e. The Kier molecular flexibility index (Phi) is 3.93. The van der Waals surface area contributed by atoms with Crippen LogP contribution in [0.1, 0.15) is 74.9 Å². The average Bonchev–Trinajstić information content (AvgIpc) is 3.00. The second-order valence-electron chi connectivity index (χ2n) is 7.14. The lowest BCUT2D eigenvalue weighted by Gasteiger charge is -2.27. The van der Waals surface area contributed by atoms with E-state index in [1.165, 1.54) is 0 Å². The molecular weight excluding hydrogens is 322 g/mol. The van der Waals surface area contributed by atoms with Crippen molar-refractivity contribution in [3.05, 3.63) is 23.9 Å². The zero-order valence-corrected chi connectivity index (χ0v) is 14.5. The van der Waals surface area contributed by atoms with Gasteiger partial charge in [0.05, 0.1) is 6.04 Å². The van der Waals surface area contributed by atoms with Gasteiger partial charge in [0.1, 0.15) is 11.9 Å². The maximum atomic E-state index is 12.6. The van der Waals surface area contributed by atoms with E-state index in [0.29, 0.717) is 23.5 Å². The highest BCUT2D eigenvalue weighted by molar-refractivity contribution is 5.75. The Morgan fingerprint density at radius 1 is 1.40 bits per heavy atom. The first-order valence-corrected chi connectivity index (χ1v) is 8.84. The van der Waals surface area contributed by atoms with Crippen LogP contribution >= 0.6 is 0 Å². The SMILES string of the molecule is CC(NC(=O)NC1(c2noc(C3CC3)n2)CCCC1)c1nncn1C. The minimum atomic E-state index is -0.541. The monoisotopic (exact) mass is 345 g/mol. The van der Waals surface area contributed by atoms with Crippen LogP contribution < -0.4 is 10.6 Å².